The number of unbranched alkanes of at least 4 members (excludes halogenated alkanes) is 1. The second kappa shape index (κ2) is 14.0. The van der Waals surface area contributed by atoms with E-state index in [4.69, 9.17) is 23.2 Å². The maximum absolute atomic E-state index is 14.0. The van der Waals surface area contributed by atoms with Gasteiger partial charge in [0.2, 0.25) is 11.8 Å². The fourth-order valence-electron chi connectivity index (χ4n) is 4.04. The van der Waals surface area contributed by atoms with Crippen LogP contribution >= 0.6 is 23.2 Å². The number of hydrogen-bond donors (Lipinski definition) is 1. The molecule has 1 atom stereocenters. The number of nitrogens with one attached hydrogen (secondary N) is 1. The highest BCUT2D eigenvalue weighted by Gasteiger charge is 2.33. The molecule has 10 heteroatoms. The first-order chi connectivity index (χ1) is 18.9. The van der Waals surface area contributed by atoms with E-state index in [1.807, 2.05) is 45.0 Å². The van der Waals surface area contributed by atoms with Gasteiger partial charge < -0.3 is 10.2 Å². The standard InChI is InChI=1S/C30H35Cl2N3O4S/c1-5-6-18-33-30(37)23(4)34(19-24-14-10-21(2)11-15-24)28(36)20-35(27-9-7-8-26(31)29(27)32)40(38,39)25-16-12-22(3)13-17-25/h7-17,23H,5-6,18-20H2,1-4H3,(H,33,37)/t23-/m1/s1. The van der Waals surface area contributed by atoms with Gasteiger partial charge >= 0.3 is 0 Å². The third-order valence-corrected chi connectivity index (χ3v) is 9.14. The molecule has 214 valence electrons. The van der Waals surface area contributed by atoms with E-state index < -0.39 is 28.5 Å². The molecular weight excluding hydrogens is 569 g/mol. The molecule has 0 saturated carbocycles. The molecule has 0 heterocycles. The quantitative estimate of drug-likeness (QED) is 0.252. The molecule has 0 fully saturated rings. The van der Waals surface area contributed by atoms with Gasteiger partial charge in [0.05, 0.1) is 20.6 Å². The van der Waals surface area contributed by atoms with Crippen LogP contribution in [0.4, 0.5) is 5.69 Å². The van der Waals surface area contributed by atoms with Gasteiger partial charge in [-0.05, 0) is 57.0 Å². The lowest BCUT2D eigenvalue weighted by molar-refractivity contribution is -0.139. The fourth-order valence-corrected chi connectivity index (χ4v) is 5.92. The van der Waals surface area contributed by atoms with Gasteiger partial charge in [0.15, 0.2) is 0 Å². The van der Waals surface area contributed by atoms with Crippen LogP contribution < -0.4 is 9.62 Å². The van der Waals surface area contributed by atoms with Gasteiger partial charge in [-0.3, -0.25) is 13.9 Å². The lowest BCUT2D eigenvalue weighted by atomic mass is 10.1. The van der Waals surface area contributed by atoms with Crippen LogP contribution in [0.1, 0.15) is 43.4 Å². The predicted octanol–water partition coefficient (Wildman–Crippen LogP) is 6.14. The Labute approximate surface area is 247 Å². The van der Waals surface area contributed by atoms with Gasteiger partial charge in [0, 0.05) is 13.1 Å². The zero-order valence-electron chi connectivity index (χ0n) is 23.2. The topological polar surface area (TPSA) is 86.8 Å². The Morgan fingerprint density at radius 2 is 1.52 bits per heavy atom. The van der Waals surface area contributed by atoms with Crippen LogP contribution in [0.25, 0.3) is 0 Å². The number of nitrogens with zero attached hydrogens (tertiary/aromatic N) is 2. The molecule has 1 N–H and O–H groups in total. The molecule has 0 aliphatic heterocycles. The van der Waals surface area contributed by atoms with E-state index in [-0.39, 0.29) is 33.1 Å². The second-order valence-electron chi connectivity index (χ2n) is 9.73. The smallest absolute Gasteiger partial charge is 0.264 e. The molecule has 0 aliphatic rings. The number of carbonyl (C=O) groups excluding carboxylic acids is 2. The molecule has 0 saturated heterocycles. The van der Waals surface area contributed by atoms with Crippen molar-refractivity contribution in [2.24, 2.45) is 0 Å². The van der Waals surface area contributed by atoms with Crippen molar-refractivity contribution < 1.29 is 18.0 Å². The fraction of sp³-hybridized carbons (Fsp3) is 0.333. The van der Waals surface area contributed by atoms with E-state index in [1.54, 1.807) is 25.1 Å². The van der Waals surface area contributed by atoms with Crippen molar-refractivity contribution in [3.63, 3.8) is 0 Å². The van der Waals surface area contributed by atoms with Crippen LogP contribution in [0.3, 0.4) is 0 Å². The maximum atomic E-state index is 14.0. The Morgan fingerprint density at radius 3 is 2.12 bits per heavy atom. The minimum atomic E-state index is -4.24. The van der Waals surface area contributed by atoms with Crippen LogP contribution in [-0.4, -0.2) is 44.3 Å². The van der Waals surface area contributed by atoms with Gasteiger partial charge in [-0.2, -0.15) is 0 Å². The maximum Gasteiger partial charge on any atom is 0.264 e. The van der Waals surface area contributed by atoms with Crippen molar-refractivity contribution in [3.8, 4) is 0 Å². The van der Waals surface area contributed by atoms with E-state index in [1.165, 1.54) is 29.2 Å². The molecule has 0 aliphatic carbocycles. The average molecular weight is 605 g/mol. The number of rotatable bonds is 12. The molecule has 0 aromatic heterocycles. The first-order valence-electron chi connectivity index (χ1n) is 13.1. The summed E-state index contributed by atoms with van der Waals surface area (Å²) in [6.07, 6.45) is 1.72. The molecule has 7 nitrogen and oxygen atoms in total. The SMILES string of the molecule is CCCCNC(=O)[C@@H](C)N(Cc1ccc(C)cc1)C(=O)CN(c1cccc(Cl)c1Cl)S(=O)(=O)c1ccc(C)cc1. The number of amides is 2. The molecule has 0 bridgehead atoms. The van der Waals surface area contributed by atoms with Crippen molar-refractivity contribution in [1.29, 1.82) is 0 Å². The zero-order chi connectivity index (χ0) is 29.4. The van der Waals surface area contributed by atoms with Gasteiger partial charge in [-0.1, -0.05) is 90.1 Å². The molecule has 0 radical (unpaired) electrons. The Kier molecular flexibility index (Phi) is 11.0. The number of sulfonamides is 1. The number of hydrogen-bond acceptors (Lipinski definition) is 4. The lowest BCUT2D eigenvalue weighted by Gasteiger charge is -2.32. The summed E-state index contributed by atoms with van der Waals surface area (Å²) < 4.78 is 28.8. The average Bonchev–Trinajstić information content (AvgIpc) is 2.93. The molecule has 0 spiro atoms. The Bertz CT molecular complexity index is 1430. The van der Waals surface area contributed by atoms with Crippen molar-refractivity contribution in [1.82, 2.24) is 10.2 Å². The number of aryl methyl sites for hydroxylation is 2. The first-order valence-corrected chi connectivity index (χ1v) is 15.3. The normalized spacial score (nSPS) is 12.1. The monoisotopic (exact) mass is 603 g/mol. The Balaban J connectivity index is 2.04. The second-order valence-corrected chi connectivity index (χ2v) is 12.4. The first kappa shape index (κ1) is 31.5. The highest BCUT2D eigenvalue weighted by atomic mass is 35.5. The van der Waals surface area contributed by atoms with Crippen molar-refractivity contribution >= 4 is 50.7 Å². The summed E-state index contributed by atoms with van der Waals surface area (Å²) in [6, 6.07) is 17.7. The summed E-state index contributed by atoms with van der Waals surface area (Å²) in [5.74, 6) is -0.881. The van der Waals surface area contributed by atoms with E-state index in [9.17, 15) is 18.0 Å². The molecule has 3 aromatic carbocycles. The molecule has 40 heavy (non-hydrogen) atoms. The summed E-state index contributed by atoms with van der Waals surface area (Å²) >= 11 is 12.7. The summed E-state index contributed by atoms with van der Waals surface area (Å²) in [4.78, 5) is 28.4. The van der Waals surface area contributed by atoms with Crippen molar-refractivity contribution in [3.05, 3.63) is 93.5 Å². The summed E-state index contributed by atoms with van der Waals surface area (Å²) in [5.41, 5.74) is 2.81. The summed E-state index contributed by atoms with van der Waals surface area (Å²) in [5, 5.41) is 3.03. The van der Waals surface area contributed by atoms with Crippen molar-refractivity contribution in [2.45, 2.75) is 58.0 Å². The summed E-state index contributed by atoms with van der Waals surface area (Å²) in [7, 11) is -4.24. The Hall–Kier alpha value is -3.07. The van der Waals surface area contributed by atoms with Gasteiger partial charge in [0.25, 0.3) is 10.0 Å². The van der Waals surface area contributed by atoms with E-state index in [0.29, 0.717) is 6.54 Å². The molecule has 3 aromatic rings. The molecule has 3 rings (SSSR count). The number of carbonyl (C=O) groups is 2. The van der Waals surface area contributed by atoms with Crippen LogP contribution in [0.5, 0.6) is 0 Å². The largest absolute Gasteiger partial charge is 0.354 e. The van der Waals surface area contributed by atoms with Gasteiger partial charge in [0.1, 0.15) is 12.6 Å². The van der Waals surface area contributed by atoms with Gasteiger partial charge in [-0.25, -0.2) is 8.42 Å². The number of halogens is 2. The third kappa shape index (κ3) is 7.77. The van der Waals surface area contributed by atoms with Crippen LogP contribution in [-0.2, 0) is 26.2 Å². The van der Waals surface area contributed by atoms with Crippen LogP contribution in [0.15, 0.2) is 71.6 Å². The van der Waals surface area contributed by atoms with Crippen LogP contribution in [0, 0.1) is 13.8 Å². The predicted molar refractivity (Wildman–Crippen MR) is 161 cm³/mol. The number of benzene rings is 3. The summed E-state index contributed by atoms with van der Waals surface area (Å²) in [6.45, 7) is 7.47. The van der Waals surface area contributed by atoms with E-state index in [2.05, 4.69) is 5.32 Å². The minimum Gasteiger partial charge on any atom is -0.354 e. The molecule has 0 unspecified atom stereocenters. The van der Waals surface area contributed by atoms with Gasteiger partial charge in [-0.15, -0.1) is 0 Å². The minimum absolute atomic E-state index is 0.00242. The van der Waals surface area contributed by atoms with Crippen LogP contribution in [0.2, 0.25) is 10.0 Å². The van der Waals surface area contributed by atoms with E-state index >= 15 is 0 Å². The molecular formula is C30H35Cl2N3O4S. The molecule has 2 amide bonds. The lowest BCUT2D eigenvalue weighted by Crippen LogP contribution is -2.51. The zero-order valence-corrected chi connectivity index (χ0v) is 25.5. The number of anilines is 1. The van der Waals surface area contributed by atoms with Crippen molar-refractivity contribution in [2.75, 3.05) is 17.4 Å². The highest BCUT2D eigenvalue weighted by Crippen LogP contribution is 2.35. The third-order valence-electron chi connectivity index (χ3n) is 6.56. The van der Waals surface area contributed by atoms with E-state index in [0.717, 1.165) is 33.8 Å². The Morgan fingerprint density at radius 1 is 0.925 bits per heavy atom. The highest BCUT2D eigenvalue weighted by molar-refractivity contribution is 7.92.